The third kappa shape index (κ3) is 5.22. The van der Waals surface area contributed by atoms with Gasteiger partial charge in [0.15, 0.2) is 0 Å². The summed E-state index contributed by atoms with van der Waals surface area (Å²) in [5.74, 6) is -0.538. The Hall–Kier alpha value is -2.64. The number of nitrogens with zero attached hydrogens (tertiary/aromatic N) is 1. The van der Waals surface area contributed by atoms with Crippen LogP contribution in [0.4, 0.5) is 0 Å². The van der Waals surface area contributed by atoms with Gasteiger partial charge in [0.05, 0.1) is 30.9 Å². The van der Waals surface area contributed by atoms with Gasteiger partial charge in [-0.05, 0) is 55.8 Å². The van der Waals surface area contributed by atoms with E-state index in [1.807, 2.05) is 38.3 Å². The van der Waals surface area contributed by atoms with Gasteiger partial charge in [0, 0.05) is 17.0 Å². The van der Waals surface area contributed by atoms with Crippen molar-refractivity contribution >= 4 is 28.8 Å². The molecule has 2 aromatic rings. The van der Waals surface area contributed by atoms with E-state index in [2.05, 4.69) is 13.8 Å². The third-order valence-corrected chi connectivity index (χ3v) is 6.24. The van der Waals surface area contributed by atoms with E-state index in [4.69, 9.17) is 9.47 Å². The number of rotatable bonds is 9. The fourth-order valence-electron chi connectivity index (χ4n) is 3.59. The normalized spacial score (nSPS) is 18.2. The van der Waals surface area contributed by atoms with Crippen LogP contribution >= 0.6 is 11.3 Å². The summed E-state index contributed by atoms with van der Waals surface area (Å²) in [5, 5.41) is 13.1. The number of aliphatic hydroxyl groups excluding tert-OH is 1. The van der Waals surface area contributed by atoms with Crippen LogP contribution in [0.2, 0.25) is 0 Å². The SMILES string of the molecule is Cc1ccsc1C1/C(=C(/O)c2cccc(OCC(C)C)c2)C(=O)C(=O)N1CCOC(C)C. The lowest BCUT2D eigenvalue weighted by Crippen LogP contribution is -2.33. The zero-order chi connectivity index (χ0) is 23.4. The molecule has 0 aliphatic carbocycles. The summed E-state index contributed by atoms with van der Waals surface area (Å²) in [4.78, 5) is 28.4. The molecule has 0 spiro atoms. The van der Waals surface area contributed by atoms with Gasteiger partial charge >= 0.3 is 0 Å². The lowest BCUT2D eigenvalue weighted by molar-refractivity contribution is -0.140. The predicted octanol–water partition coefficient (Wildman–Crippen LogP) is 4.94. The van der Waals surface area contributed by atoms with Gasteiger partial charge in [0.1, 0.15) is 11.5 Å². The molecule has 1 amide bonds. The summed E-state index contributed by atoms with van der Waals surface area (Å²) >= 11 is 1.47. The number of hydrogen-bond donors (Lipinski definition) is 1. The van der Waals surface area contributed by atoms with Gasteiger partial charge in [-0.1, -0.05) is 26.0 Å². The maximum Gasteiger partial charge on any atom is 0.295 e. The number of likely N-dealkylation sites (tertiary alicyclic amines) is 1. The fraction of sp³-hybridized carbons (Fsp3) is 0.440. The Morgan fingerprint density at radius 2 is 1.94 bits per heavy atom. The highest BCUT2D eigenvalue weighted by atomic mass is 32.1. The van der Waals surface area contributed by atoms with E-state index in [0.717, 1.165) is 10.4 Å². The van der Waals surface area contributed by atoms with Crippen molar-refractivity contribution in [2.75, 3.05) is 19.8 Å². The van der Waals surface area contributed by atoms with Gasteiger partial charge in [0.25, 0.3) is 11.7 Å². The van der Waals surface area contributed by atoms with Crippen molar-refractivity contribution in [1.29, 1.82) is 0 Å². The van der Waals surface area contributed by atoms with Crippen LogP contribution in [-0.2, 0) is 14.3 Å². The summed E-state index contributed by atoms with van der Waals surface area (Å²) in [6, 6.07) is 8.29. The topological polar surface area (TPSA) is 76.1 Å². The maximum absolute atomic E-state index is 13.1. The van der Waals surface area contributed by atoms with Crippen LogP contribution < -0.4 is 4.74 Å². The number of hydrogen-bond acceptors (Lipinski definition) is 6. The molecule has 1 aliphatic rings. The molecule has 1 N–H and O–H groups in total. The largest absolute Gasteiger partial charge is 0.507 e. The van der Waals surface area contributed by atoms with E-state index in [0.29, 0.717) is 30.4 Å². The number of carbonyl (C=O) groups is 2. The highest BCUT2D eigenvalue weighted by molar-refractivity contribution is 7.10. The van der Waals surface area contributed by atoms with Crippen molar-refractivity contribution < 1.29 is 24.2 Å². The number of carbonyl (C=O) groups excluding carboxylic acids is 2. The second kappa shape index (κ2) is 10.3. The second-order valence-corrected chi connectivity index (χ2v) is 9.56. The summed E-state index contributed by atoms with van der Waals surface area (Å²) in [7, 11) is 0. The number of ketones is 1. The van der Waals surface area contributed by atoms with Gasteiger partial charge < -0.3 is 19.5 Å². The molecule has 7 heteroatoms. The number of aryl methyl sites for hydroxylation is 1. The van der Waals surface area contributed by atoms with Crippen molar-refractivity contribution in [3.8, 4) is 5.75 Å². The van der Waals surface area contributed by atoms with Crippen LogP contribution in [0.15, 0.2) is 41.3 Å². The third-order valence-electron chi connectivity index (χ3n) is 5.16. The van der Waals surface area contributed by atoms with Gasteiger partial charge in [-0.2, -0.15) is 0 Å². The molecule has 1 aliphatic heterocycles. The molecule has 1 unspecified atom stereocenters. The van der Waals surface area contributed by atoms with E-state index < -0.39 is 17.7 Å². The fourth-order valence-corrected chi connectivity index (χ4v) is 4.63. The smallest absolute Gasteiger partial charge is 0.295 e. The number of amides is 1. The van der Waals surface area contributed by atoms with Crippen molar-refractivity contribution in [3.63, 3.8) is 0 Å². The molecule has 0 saturated carbocycles. The first-order valence-corrected chi connectivity index (χ1v) is 11.8. The molecule has 1 saturated heterocycles. The summed E-state index contributed by atoms with van der Waals surface area (Å²) in [5.41, 5.74) is 1.52. The van der Waals surface area contributed by atoms with E-state index in [9.17, 15) is 14.7 Å². The van der Waals surface area contributed by atoms with Gasteiger partial charge in [-0.15, -0.1) is 11.3 Å². The second-order valence-electron chi connectivity index (χ2n) is 8.61. The molecule has 6 nitrogen and oxygen atoms in total. The lowest BCUT2D eigenvalue weighted by Gasteiger charge is -2.25. The molecule has 1 aromatic heterocycles. The first-order chi connectivity index (χ1) is 15.2. The molecule has 1 atom stereocenters. The minimum atomic E-state index is -0.682. The summed E-state index contributed by atoms with van der Waals surface area (Å²) in [6.45, 7) is 11.0. The predicted molar refractivity (Wildman–Crippen MR) is 126 cm³/mol. The van der Waals surface area contributed by atoms with Crippen molar-refractivity contribution in [1.82, 2.24) is 4.90 Å². The molecule has 1 aromatic carbocycles. The monoisotopic (exact) mass is 457 g/mol. The Balaban J connectivity index is 2.03. The number of Topliss-reactive ketones (excluding diaryl/α,β-unsaturated/α-hetero) is 1. The molecule has 0 bridgehead atoms. The van der Waals surface area contributed by atoms with Crippen LogP contribution in [-0.4, -0.2) is 47.6 Å². The first-order valence-electron chi connectivity index (χ1n) is 10.9. The molecular weight excluding hydrogens is 426 g/mol. The molecule has 172 valence electrons. The average Bonchev–Trinajstić information content (AvgIpc) is 3.27. The summed E-state index contributed by atoms with van der Waals surface area (Å²) < 4.78 is 11.4. The zero-order valence-electron chi connectivity index (χ0n) is 19.3. The lowest BCUT2D eigenvalue weighted by atomic mass is 9.98. The molecular formula is C25H31NO5S. The quantitative estimate of drug-likeness (QED) is 0.328. The highest BCUT2D eigenvalue weighted by Crippen LogP contribution is 2.42. The number of aliphatic hydroxyl groups is 1. The van der Waals surface area contributed by atoms with Crippen molar-refractivity contribution in [2.45, 2.75) is 46.8 Å². The number of thiophene rings is 1. The van der Waals surface area contributed by atoms with Crippen LogP contribution in [0.25, 0.3) is 5.76 Å². The minimum absolute atomic E-state index is 0.0160. The van der Waals surface area contributed by atoms with E-state index in [1.54, 1.807) is 18.2 Å². The highest BCUT2D eigenvalue weighted by Gasteiger charge is 2.46. The first kappa shape index (κ1) is 24.0. The standard InChI is InChI=1S/C25H31NO5S/c1-15(2)14-31-19-8-6-7-18(13-19)22(27)20-21(24-17(5)9-12-32-24)26(25(29)23(20)28)10-11-30-16(3)4/h6-9,12-13,15-16,21,27H,10-11,14H2,1-5H3/b22-20-. The maximum atomic E-state index is 13.1. The number of benzene rings is 1. The molecule has 1 fully saturated rings. The molecule has 32 heavy (non-hydrogen) atoms. The van der Waals surface area contributed by atoms with E-state index >= 15 is 0 Å². The van der Waals surface area contributed by atoms with E-state index in [-0.39, 0.29) is 24.0 Å². The molecule has 3 rings (SSSR count). The Bertz CT molecular complexity index is 1010. The minimum Gasteiger partial charge on any atom is -0.507 e. The Kier molecular flexibility index (Phi) is 7.74. The summed E-state index contributed by atoms with van der Waals surface area (Å²) in [6.07, 6.45) is 0.0160. The average molecular weight is 458 g/mol. The van der Waals surface area contributed by atoms with Gasteiger partial charge in [0.2, 0.25) is 0 Å². The van der Waals surface area contributed by atoms with Crippen LogP contribution in [0, 0.1) is 12.8 Å². The zero-order valence-corrected chi connectivity index (χ0v) is 20.1. The van der Waals surface area contributed by atoms with E-state index in [1.165, 1.54) is 16.2 Å². The Labute approximate surface area is 193 Å². The van der Waals surface area contributed by atoms with Crippen LogP contribution in [0.5, 0.6) is 5.75 Å². The molecule has 0 radical (unpaired) electrons. The van der Waals surface area contributed by atoms with Crippen LogP contribution in [0.3, 0.4) is 0 Å². The molecule has 2 heterocycles. The van der Waals surface area contributed by atoms with Crippen molar-refractivity contribution in [2.24, 2.45) is 5.92 Å². The van der Waals surface area contributed by atoms with Gasteiger partial charge in [-0.3, -0.25) is 9.59 Å². The van der Waals surface area contributed by atoms with Gasteiger partial charge in [-0.25, -0.2) is 0 Å². The Morgan fingerprint density at radius 3 is 2.56 bits per heavy atom. The van der Waals surface area contributed by atoms with Crippen molar-refractivity contribution in [3.05, 3.63) is 57.3 Å². The van der Waals surface area contributed by atoms with Crippen LogP contribution in [0.1, 0.15) is 49.7 Å². The number of ether oxygens (including phenoxy) is 2. The Morgan fingerprint density at radius 1 is 1.19 bits per heavy atom.